The number of Topliss-reactive ketones (excluding diaryl/α,β-unsaturated/α-hetero) is 1. The van der Waals surface area contributed by atoms with Gasteiger partial charge in [0.15, 0.2) is 5.78 Å². The molecule has 0 amide bonds. The molecule has 1 saturated carbocycles. The van der Waals surface area contributed by atoms with Crippen molar-refractivity contribution in [2.75, 3.05) is 0 Å². The Morgan fingerprint density at radius 1 is 1.36 bits per heavy atom. The molecule has 78 valence electrons. The smallest absolute Gasteiger partial charge is 0.159 e. The van der Waals surface area contributed by atoms with E-state index in [1.165, 1.54) is 32.1 Å². The highest BCUT2D eigenvalue weighted by atomic mass is 16.1. The molecule has 0 unspecified atom stereocenters. The summed E-state index contributed by atoms with van der Waals surface area (Å²) in [6, 6.07) is 0. The predicted octanol–water partition coefficient (Wildman–Crippen LogP) is 3.64. The maximum absolute atomic E-state index is 11.9. The summed E-state index contributed by atoms with van der Waals surface area (Å²) in [7, 11) is 0. The first-order chi connectivity index (χ1) is 6.70. The molecule has 1 fully saturated rings. The van der Waals surface area contributed by atoms with Crippen molar-refractivity contribution in [1.82, 2.24) is 0 Å². The van der Waals surface area contributed by atoms with Gasteiger partial charge in [-0.05, 0) is 43.1 Å². The first-order valence-corrected chi connectivity index (χ1v) is 5.92. The molecule has 0 aromatic carbocycles. The number of allylic oxidation sites excluding steroid dienone is 2. The van der Waals surface area contributed by atoms with Crippen LogP contribution in [0.25, 0.3) is 0 Å². The summed E-state index contributed by atoms with van der Waals surface area (Å²) in [6.07, 6.45) is 11.5. The van der Waals surface area contributed by atoms with Crippen molar-refractivity contribution in [3.05, 3.63) is 11.6 Å². The Morgan fingerprint density at radius 2 is 2.07 bits per heavy atom. The van der Waals surface area contributed by atoms with Crippen LogP contribution in [0.2, 0.25) is 0 Å². The third-order valence-electron chi connectivity index (χ3n) is 3.80. The van der Waals surface area contributed by atoms with Crippen LogP contribution in [0.4, 0.5) is 0 Å². The van der Waals surface area contributed by atoms with Gasteiger partial charge < -0.3 is 0 Å². The van der Waals surface area contributed by atoms with Crippen LogP contribution < -0.4 is 0 Å². The Bertz CT molecular complexity index is 256. The van der Waals surface area contributed by atoms with Crippen molar-refractivity contribution in [2.24, 2.45) is 5.41 Å². The van der Waals surface area contributed by atoms with Crippen molar-refractivity contribution in [3.63, 3.8) is 0 Å². The van der Waals surface area contributed by atoms with Gasteiger partial charge in [-0.3, -0.25) is 4.79 Å². The molecule has 1 nitrogen and oxygen atoms in total. The molecule has 0 bridgehead atoms. The fourth-order valence-corrected chi connectivity index (χ4v) is 2.83. The maximum atomic E-state index is 11.9. The predicted molar refractivity (Wildman–Crippen MR) is 58.1 cm³/mol. The monoisotopic (exact) mass is 192 g/mol. The van der Waals surface area contributed by atoms with Gasteiger partial charge in [0, 0.05) is 6.42 Å². The number of rotatable bonds is 3. The summed E-state index contributed by atoms with van der Waals surface area (Å²) in [5, 5.41) is 0. The third kappa shape index (κ3) is 2.08. The fraction of sp³-hybridized carbons (Fsp3) is 0.769. The average molecular weight is 192 g/mol. The Morgan fingerprint density at radius 3 is 2.64 bits per heavy atom. The highest BCUT2D eigenvalue weighted by Crippen LogP contribution is 2.41. The van der Waals surface area contributed by atoms with Crippen LogP contribution in [0.3, 0.4) is 0 Å². The number of carbonyl (C=O) groups is 1. The van der Waals surface area contributed by atoms with E-state index in [2.05, 4.69) is 13.0 Å². The first-order valence-electron chi connectivity index (χ1n) is 5.92. The van der Waals surface area contributed by atoms with Gasteiger partial charge in [0.2, 0.25) is 0 Å². The topological polar surface area (TPSA) is 17.1 Å². The summed E-state index contributed by atoms with van der Waals surface area (Å²) >= 11 is 0. The largest absolute Gasteiger partial charge is 0.295 e. The van der Waals surface area contributed by atoms with Gasteiger partial charge in [-0.2, -0.15) is 0 Å². The maximum Gasteiger partial charge on any atom is 0.159 e. The van der Waals surface area contributed by atoms with Crippen LogP contribution in [-0.2, 0) is 4.79 Å². The van der Waals surface area contributed by atoms with Crippen LogP contribution in [0.5, 0.6) is 0 Å². The third-order valence-corrected chi connectivity index (χ3v) is 3.80. The Hall–Kier alpha value is -0.590. The summed E-state index contributed by atoms with van der Waals surface area (Å²) in [5.74, 6) is 0.437. The van der Waals surface area contributed by atoms with Gasteiger partial charge in [-0.15, -0.1) is 0 Å². The van der Waals surface area contributed by atoms with Crippen molar-refractivity contribution >= 4 is 5.78 Å². The highest BCUT2D eigenvalue weighted by molar-refractivity contribution is 5.96. The van der Waals surface area contributed by atoms with Gasteiger partial charge in [0.05, 0.1) is 0 Å². The summed E-state index contributed by atoms with van der Waals surface area (Å²) in [6.45, 7) is 2.29. The molecule has 0 radical (unpaired) electrons. The molecule has 14 heavy (non-hydrogen) atoms. The Labute approximate surface area is 86.6 Å². The molecule has 0 spiro atoms. The number of ketones is 1. The molecule has 0 aliphatic heterocycles. The minimum absolute atomic E-state index is 0.334. The molecule has 1 heteroatoms. The van der Waals surface area contributed by atoms with Gasteiger partial charge in [-0.25, -0.2) is 0 Å². The number of carbonyl (C=O) groups excluding carboxylic acids is 1. The molecule has 0 N–H and O–H groups in total. The van der Waals surface area contributed by atoms with Gasteiger partial charge in [-0.1, -0.05) is 25.8 Å². The van der Waals surface area contributed by atoms with Crippen LogP contribution in [0.1, 0.15) is 58.3 Å². The van der Waals surface area contributed by atoms with E-state index < -0.39 is 0 Å². The summed E-state index contributed by atoms with van der Waals surface area (Å²) < 4.78 is 0. The second-order valence-corrected chi connectivity index (χ2v) is 5.24. The van der Waals surface area contributed by atoms with E-state index in [0.717, 1.165) is 24.8 Å². The lowest BCUT2D eigenvalue weighted by atomic mass is 9.82. The van der Waals surface area contributed by atoms with E-state index in [4.69, 9.17) is 0 Å². The zero-order chi connectivity index (χ0) is 10.0. The normalized spacial score (nSPS) is 25.1. The molecule has 2 aliphatic rings. The van der Waals surface area contributed by atoms with E-state index in [1.807, 2.05) is 0 Å². The molecule has 0 aromatic rings. The Balaban J connectivity index is 1.93. The van der Waals surface area contributed by atoms with Crippen LogP contribution in [0.15, 0.2) is 11.6 Å². The number of hydrogen-bond donors (Lipinski definition) is 0. The molecule has 0 atom stereocenters. The lowest BCUT2D eigenvalue weighted by molar-refractivity contribution is -0.117. The quantitative estimate of drug-likeness (QED) is 0.667. The summed E-state index contributed by atoms with van der Waals surface area (Å²) in [4.78, 5) is 11.9. The molecular weight excluding hydrogens is 172 g/mol. The van der Waals surface area contributed by atoms with E-state index in [-0.39, 0.29) is 0 Å². The molecular formula is C13H20O. The van der Waals surface area contributed by atoms with E-state index in [9.17, 15) is 4.79 Å². The van der Waals surface area contributed by atoms with Crippen molar-refractivity contribution in [2.45, 2.75) is 58.3 Å². The van der Waals surface area contributed by atoms with Crippen molar-refractivity contribution in [1.29, 1.82) is 0 Å². The summed E-state index contributed by atoms with van der Waals surface area (Å²) in [5.41, 5.74) is 1.46. The zero-order valence-corrected chi connectivity index (χ0v) is 9.14. The van der Waals surface area contributed by atoms with E-state index in [1.54, 1.807) is 0 Å². The number of hydrogen-bond acceptors (Lipinski definition) is 1. The van der Waals surface area contributed by atoms with Crippen LogP contribution in [0, 0.1) is 5.41 Å². The minimum Gasteiger partial charge on any atom is -0.295 e. The van der Waals surface area contributed by atoms with Crippen LogP contribution >= 0.6 is 0 Å². The van der Waals surface area contributed by atoms with Gasteiger partial charge in [0.1, 0.15) is 0 Å². The Kier molecular flexibility index (Phi) is 2.76. The van der Waals surface area contributed by atoms with Gasteiger partial charge in [0.25, 0.3) is 0 Å². The minimum atomic E-state index is 0.334. The highest BCUT2D eigenvalue weighted by Gasteiger charge is 2.31. The first kappa shape index (κ1) is 9.95. The molecule has 0 heterocycles. The van der Waals surface area contributed by atoms with Crippen molar-refractivity contribution in [3.8, 4) is 0 Å². The van der Waals surface area contributed by atoms with Gasteiger partial charge >= 0.3 is 0 Å². The standard InChI is InChI=1S/C13H20O/c1-13(8-4-5-9-13)10-12(14)11-6-2-3-7-11/h6H,2-5,7-10H2,1H3. The fourth-order valence-electron chi connectivity index (χ4n) is 2.83. The molecule has 0 aromatic heterocycles. The molecule has 0 saturated heterocycles. The zero-order valence-electron chi connectivity index (χ0n) is 9.14. The lowest BCUT2D eigenvalue weighted by Gasteiger charge is -2.22. The molecule has 2 aliphatic carbocycles. The second-order valence-electron chi connectivity index (χ2n) is 5.24. The van der Waals surface area contributed by atoms with Crippen molar-refractivity contribution < 1.29 is 4.79 Å². The lowest BCUT2D eigenvalue weighted by Crippen LogP contribution is -2.17. The second kappa shape index (κ2) is 3.88. The average Bonchev–Trinajstić information content (AvgIpc) is 2.74. The van der Waals surface area contributed by atoms with E-state index >= 15 is 0 Å². The SMILES string of the molecule is CC1(CC(=O)C2=CCCC2)CCCC1. The van der Waals surface area contributed by atoms with E-state index in [0.29, 0.717) is 11.2 Å². The van der Waals surface area contributed by atoms with Crippen LogP contribution in [-0.4, -0.2) is 5.78 Å². The molecule has 2 rings (SSSR count).